The van der Waals surface area contributed by atoms with Crippen LogP contribution >= 0.6 is 23.1 Å². The fourth-order valence-electron chi connectivity index (χ4n) is 2.23. The van der Waals surface area contributed by atoms with Gasteiger partial charge in [0, 0.05) is 5.75 Å². The van der Waals surface area contributed by atoms with Crippen molar-refractivity contribution < 1.29 is 28.2 Å². The number of nitrogens with zero attached hydrogens (tertiary/aromatic N) is 1. The van der Waals surface area contributed by atoms with E-state index >= 15 is 0 Å². The van der Waals surface area contributed by atoms with Gasteiger partial charge in [0.2, 0.25) is 10.0 Å². The molecule has 0 aliphatic heterocycles. The number of benzene rings is 1. The van der Waals surface area contributed by atoms with Gasteiger partial charge in [0.15, 0.2) is 4.34 Å². The van der Waals surface area contributed by atoms with E-state index in [1.54, 1.807) is 17.8 Å². The van der Waals surface area contributed by atoms with Gasteiger partial charge in [-0.05, 0) is 24.6 Å². The zero-order valence-electron chi connectivity index (χ0n) is 14.5. The number of thioether (sulfide) groups is 1. The monoisotopic (exact) mass is 432 g/mol. The number of hydrogen-bond acceptors (Lipinski definition) is 7. The summed E-state index contributed by atoms with van der Waals surface area (Å²) in [4.78, 5) is 26.2. The SMILES string of the molecule is CCCCCSc1nc2ccc(S(=O)(=O)N[C@H](CC(=O)O)C(=O)O)cc2s1. The van der Waals surface area contributed by atoms with Crippen LogP contribution in [0.2, 0.25) is 0 Å². The second-order valence-corrected chi connectivity index (χ2v) is 9.86. The molecule has 0 bridgehead atoms. The number of aliphatic carboxylic acids is 2. The first-order valence-corrected chi connectivity index (χ1v) is 11.5. The molecule has 1 aromatic heterocycles. The molecule has 2 rings (SSSR count). The van der Waals surface area contributed by atoms with Gasteiger partial charge in [-0.2, -0.15) is 4.72 Å². The number of aromatic nitrogens is 1. The molecular formula is C16H20N2O6S3. The van der Waals surface area contributed by atoms with Crippen molar-refractivity contribution in [2.75, 3.05) is 5.75 Å². The van der Waals surface area contributed by atoms with Crippen LogP contribution in [0, 0.1) is 0 Å². The lowest BCUT2D eigenvalue weighted by Crippen LogP contribution is -2.42. The molecule has 0 amide bonds. The number of fused-ring (bicyclic) bond motifs is 1. The van der Waals surface area contributed by atoms with Crippen molar-refractivity contribution in [3.8, 4) is 0 Å². The number of nitrogens with one attached hydrogen (secondary N) is 1. The number of rotatable bonds is 11. The summed E-state index contributed by atoms with van der Waals surface area (Å²) in [7, 11) is -4.18. The standard InChI is InChI=1S/C16H20N2O6S3/c1-2-3-4-7-25-16-17-11-6-5-10(8-13(11)26-16)27(23,24)18-12(15(21)22)9-14(19)20/h5-6,8,12,18H,2-4,7,9H2,1H3,(H,19,20)(H,21,22)/t12-/m1/s1. The molecule has 11 heteroatoms. The maximum absolute atomic E-state index is 12.4. The van der Waals surface area contributed by atoms with E-state index < -0.39 is 34.4 Å². The predicted molar refractivity (Wildman–Crippen MR) is 104 cm³/mol. The topological polar surface area (TPSA) is 134 Å². The van der Waals surface area contributed by atoms with Crippen molar-refractivity contribution in [3.63, 3.8) is 0 Å². The van der Waals surface area contributed by atoms with Crippen LogP contribution < -0.4 is 4.72 Å². The van der Waals surface area contributed by atoms with Gasteiger partial charge in [-0.1, -0.05) is 31.5 Å². The summed E-state index contributed by atoms with van der Waals surface area (Å²) in [6.07, 6.45) is 2.51. The van der Waals surface area contributed by atoms with Crippen LogP contribution in [0.3, 0.4) is 0 Å². The minimum Gasteiger partial charge on any atom is -0.481 e. The van der Waals surface area contributed by atoms with E-state index in [0.717, 1.165) is 29.4 Å². The maximum Gasteiger partial charge on any atom is 0.322 e. The third-order valence-electron chi connectivity index (χ3n) is 3.60. The third kappa shape index (κ3) is 6.16. The summed E-state index contributed by atoms with van der Waals surface area (Å²) in [5.41, 5.74) is 0.664. The highest BCUT2D eigenvalue weighted by Gasteiger charge is 2.28. The molecule has 3 N–H and O–H groups in total. The Morgan fingerprint density at radius 1 is 1.30 bits per heavy atom. The van der Waals surface area contributed by atoms with Crippen molar-refractivity contribution >= 4 is 55.3 Å². The van der Waals surface area contributed by atoms with Gasteiger partial charge >= 0.3 is 11.9 Å². The van der Waals surface area contributed by atoms with E-state index in [1.165, 1.54) is 23.5 Å². The number of carboxylic acids is 2. The molecule has 0 radical (unpaired) electrons. The smallest absolute Gasteiger partial charge is 0.322 e. The van der Waals surface area contributed by atoms with Gasteiger partial charge in [0.05, 0.1) is 21.5 Å². The Balaban J connectivity index is 2.18. The summed E-state index contributed by atoms with van der Waals surface area (Å²) >= 11 is 2.99. The van der Waals surface area contributed by atoms with E-state index in [2.05, 4.69) is 11.9 Å². The highest BCUT2D eigenvalue weighted by Crippen LogP contribution is 2.31. The molecule has 8 nitrogen and oxygen atoms in total. The van der Waals surface area contributed by atoms with E-state index in [1.807, 2.05) is 4.72 Å². The summed E-state index contributed by atoms with van der Waals surface area (Å²) in [6.45, 7) is 2.13. The number of unbranched alkanes of at least 4 members (excludes halogenated alkanes) is 2. The normalized spacial score (nSPS) is 12.9. The van der Waals surface area contributed by atoms with Crippen LogP contribution in [0.25, 0.3) is 10.2 Å². The van der Waals surface area contributed by atoms with E-state index in [9.17, 15) is 18.0 Å². The van der Waals surface area contributed by atoms with Crippen molar-refractivity contribution in [1.29, 1.82) is 0 Å². The van der Waals surface area contributed by atoms with E-state index in [0.29, 0.717) is 10.2 Å². The lowest BCUT2D eigenvalue weighted by atomic mass is 10.2. The summed E-state index contributed by atoms with van der Waals surface area (Å²) in [5.74, 6) is -2.02. The molecule has 1 atom stereocenters. The summed E-state index contributed by atoms with van der Waals surface area (Å²) in [5, 5.41) is 17.8. The third-order valence-corrected chi connectivity index (χ3v) is 7.32. The number of carboxylic acid groups (broad SMARTS) is 2. The van der Waals surface area contributed by atoms with Gasteiger partial charge in [-0.3, -0.25) is 9.59 Å². The molecule has 27 heavy (non-hydrogen) atoms. The van der Waals surface area contributed by atoms with Crippen LogP contribution in [-0.4, -0.2) is 47.3 Å². The highest BCUT2D eigenvalue weighted by atomic mass is 32.2. The van der Waals surface area contributed by atoms with Crippen LogP contribution in [0.1, 0.15) is 32.6 Å². The molecule has 148 valence electrons. The minimum absolute atomic E-state index is 0.127. The zero-order valence-corrected chi connectivity index (χ0v) is 17.0. The number of hydrogen-bond donors (Lipinski definition) is 3. The lowest BCUT2D eigenvalue weighted by Gasteiger charge is -2.12. The van der Waals surface area contributed by atoms with E-state index in [4.69, 9.17) is 10.2 Å². The van der Waals surface area contributed by atoms with Crippen molar-refractivity contribution in [3.05, 3.63) is 18.2 Å². The molecule has 1 heterocycles. The number of carbonyl (C=O) groups is 2. The Morgan fingerprint density at radius 3 is 2.67 bits per heavy atom. The van der Waals surface area contributed by atoms with Gasteiger partial charge in [0.1, 0.15) is 6.04 Å². The van der Waals surface area contributed by atoms with Crippen LogP contribution in [0.5, 0.6) is 0 Å². The second kappa shape index (κ2) is 9.49. The van der Waals surface area contributed by atoms with E-state index in [-0.39, 0.29) is 4.90 Å². The summed E-state index contributed by atoms with van der Waals surface area (Å²) < 4.78 is 28.3. The first kappa shape index (κ1) is 21.6. The fourth-order valence-corrected chi connectivity index (χ4v) is 5.70. The molecule has 0 aliphatic carbocycles. The Morgan fingerprint density at radius 2 is 2.04 bits per heavy atom. The molecule has 0 spiro atoms. The average molecular weight is 433 g/mol. The highest BCUT2D eigenvalue weighted by molar-refractivity contribution is 8.01. The zero-order chi connectivity index (χ0) is 20.0. The molecule has 0 saturated heterocycles. The summed E-state index contributed by atoms with van der Waals surface area (Å²) in [6, 6.07) is 2.57. The lowest BCUT2D eigenvalue weighted by molar-refractivity contribution is -0.145. The first-order valence-electron chi connectivity index (χ1n) is 8.23. The molecule has 1 aromatic carbocycles. The number of sulfonamides is 1. The first-order chi connectivity index (χ1) is 12.7. The van der Waals surface area contributed by atoms with Crippen molar-refractivity contribution in [1.82, 2.24) is 9.71 Å². The fraction of sp³-hybridized carbons (Fsp3) is 0.438. The van der Waals surface area contributed by atoms with Crippen LogP contribution in [0.4, 0.5) is 0 Å². The Kier molecular flexibility index (Phi) is 7.59. The number of thiazole rings is 1. The van der Waals surface area contributed by atoms with Gasteiger partial charge < -0.3 is 10.2 Å². The van der Waals surface area contributed by atoms with Crippen LogP contribution in [-0.2, 0) is 19.6 Å². The van der Waals surface area contributed by atoms with Gasteiger partial charge in [-0.15, -0.1) is 11.3 Å². The predicted octanol–water partition coefficient (Wildman–Crippen LogP) is 2.78. The average Bonchev–Trinajstić information content (AvgIpc) is 2.99. The quantitative estimate of drug-likeness (QED) is 0.364. The molecule has 0 unspecified atom stereocenters. The van der Waals surface area contributed by atoms with Gasteiger partial charge in [0.25, 0.3) is 0 Å². The maximum atomic E-state index is 12.4. The van der Waals surface area contributed by atoms with Crippen molar-refractivity contribution in [2.24, 2.45) is 0 Å². The van der Waals surface area contributed by atoms with Gasteiger partial charge in [-0.25, -0.2) is 13.4 Å². The minimum atomic E-state index is -4.18. The molecule has 0 saturated carbocycles. The molecule has 0 aliphatic rings. The Labute approximate surface area is 165 Å². The molecule has 0 fully saturated rings. The second-order valence-electron chi connectivity index (χ2n) is 5.77. The van der Waals surface area contributed by atoms with Crippen LogP contribution in [0.15, 0.2) is 27.4 Å². The molecule has 2 aromatic rings. The van der Waals surface area contributed by atoms with Crippen molar-refractivity contribution in [2.45, 2.75) is 47.9 Å². The molecular weight excluding hydrogens is 412 g/mol. The Bertz CT molecular complexity index is 925. The largest absolute Gasteiger partial charge is 0.481 e. The Hall–Kier alpha value is -1.69.